The summed E-state index contributed by atoms with van der Waals surface area (Å²) in [6.07, 6.45) is 1.30. The molecule has 5 rings (SSSR count). The van der Waals surface area contributed by atoms with Gasteiger partial charge in [0.1, 0.15) is 5.75 Å². The Hall–Kier alpha value is -1.95. The summed E-state index contributed by atoms with van der Waals surface area (Å²) in [7, 11) is 0. The van der Waals surface area contributed by atoms with Crippen LogP contribution in [0, 0.1) is 0 Å². The first kappa shape index (κ1) is 14.4. The molecule has 0 aliphatic carbocycles. The molecule has 0 saturated carbocycles. The number of ether oxygens (including phenoxy) is 1. The van der Waals surface area contributed by atoms with Crippen molar-refractivity contribution in [2.45, 2.75) is 25.0 Å². The number of benzene rings is 2. The maximum absolute atomic E-state index is 5.92. The van der Waals surface area contributed by atoms with Crippen LogP contribution < -0.4 is 10.1 Å². The molecule has 2 aromatic carbocycles. The third kappa shape index (κ3) is 2.69. The molecule has 122 valence electrons. The van der Waals surface area contributed by atoms with Crippen molar-refractivity contribution < 1.29 is 4.74 Å². The van der Waals surface area contributed by atoms with Gasteiger partial charge in [0.25, 0.3) is 5.19 Å². The molecule has 2 bridgehead atoms. The average Bonchev–Trinajstić information content (AvgIpc) is 3.31. The lowest BCUT2D eigenvalue weighted by molar-refractivity contribution is 0.218. The molecule has 0 unspecified atom stereocenters. The number of rotatable bonds is 4. The molecule has 1 aromatic heterocycles. The van der Waals surface area contributed by atoms with Crippen LogP contribution in [0.15, 0.2) is 48.5 Å². The van der Waals surface area contributed by atoms with Crippen LogP contribution in [0.5, 0.6) is 10.9 Å². The Morgan fingerprint density at radius 2 is 2.04 bits per heavy atom. The van der Waals surface area contributed by atoms with Gasteiger partial charge in [0.15, 0.2) is 0 Å². The fourth-order valence-corrected chi connectivity index (χ4v) is 4.57. The monoisotopic (exact) mass is 337 g/mol. The van der Waals surface area contributed by atoms with Gasteiger partial charge in [-0.3, -0.25) is 4.90 Å². The van der Waals surface area contributed by atoms with Crippen LogP contribution >= 0.6 is 11.3 Å². The van der Waals surface area contributed by atoms with Crippen LogP contribution in [0.4, 0.5) is 0 Å². The minimum absolute atomic E-state index is 0.701. The number of hydrogen-bond acceptors (Lipinski definition) is 5. The molecule has 2 aliphatic rings. The summed E-state index contributed by atoms with van der Waals surface area (Å²) >= 11 is 1.58. The molecule has 24 heavy (non-hydrogen) atoms. The van der Waals surface area contributed by atoms with E-state index in [9.17, 15) is 0 Å². The molecule has 2 fully saturated rings. The molecular weight excluding hydrogens is 318 g/mol. The van der Waals surface area contributed by atoms with Crippen molar-refractivity contribution in [3.8, 4) is 10.9 Å². The van der Waals surface area contributed by atoms with Crippen LogP contribution in [0.25, 0.3) is 10.2 Å². The van der Waals surface area contributed by atoms with Gasteiger partial charge in [0.05, 0.1) is 10.2 Å². The molecular formula is C19H19N3OS. The van der Waals surface area contributed by atoms with E-state index in [0.717, 1.165) is 29.1 Å². The third-order valence-electron chi connectivity index (χ3n) is 4.96. The van der Waals surface area contributed by atoms with E-state index < -0.39 is 0 Å². The molecule has 0 spiro atoms. The Balaban J connectivity index is 1.27. The predicted molar refractivity (Wildman–Crippen MR) is 96.7 cm³/mol. The van der Waals surface area contributed by atoms with Crippen LogP contribution in [0.1, 0.15) is 12.0 Å². The zero-order chi connectivity index (χ0) is 15.9. The SMILES string of the molecule is c1ccc2sc(Oc3ccc(CN4C[C@H]5C[C@@H]4CN5)cc3)nc2c1. The number of piperazine rings is 1. The lowest BCUT2D eigenvalue weighted by atomic mass is 10.2. The maximum Gasteiger partial charge on any atom is 0.279 e. The highest BCUT2D eigenvalue weighted by atomic mass is 32.1. The Morgan fingerprint density at radius 1 is 1.17 bits per heavy atom. The van der Waals surface area contributed by atoms with Crippen molar-refractivity contribution in [3.63, 3.8) is 0 Å². The molecule has 2 aliphatic heterocycles. The minimum Gasteiger partial charge on any atom is -0.431 e. The Labute approximate surface area is 145 Å². The molecule has 3 heterocycles. The second-order valence-corrected chi connectivity index (χ2v) is 7.61. The van der Waals surface area contributed by atoms with Gasteiger partial charge in [-0.05, 0) is 36.2 Å². The summed E-state index contributed by atoms with van der Waals surface area (Å²) in [4.78, 5) is 7.11. The molecule has 0 radical (unpaired) electrons. The first-order valence-corrected chi connectivity index (χ1v) is 9.25. The van der Waals surface area contributed by atoms with Gasteiger partial charge >= 0.3 is 0 Å². The molecule has 4 nitrogen and oxygen atoms in total. The summed E-state index contributed by atoms with van der Waals surface area (Å²) in [5.41, 5.74) is 2.34. The van der Waals surface area contributed by atoms with Crippen molar-refractivity contribution >= 4 is 21.6 Å². The van der Waals surface area contributed by atoms with Crippen LogP contribution in [0.3, 0.4) is 0 Å². The van der Waals surface area contributed by atoms with E-state index in [1.807, 2.05) is 30.3 Å². The maximum atomic E-state index is 5.92. The summed E-state index contributed by atoms with van der Waals surface area (Å²) < 4.78 is 7.08. The largest absolute Gasteiger partial charge is 0.431 e. The van der Waals surface area contributed by atoms with Crippen LogP contribution in [-0.2, 0) is 6.54 Å². The van der Waals surface area contributed by atoms with E-state index in [4.69, 9.17) is 4.74 Å². The van der Waals surface area contributed by atoms with Crippen molar-refractivity contribution in [3.05, 3.63) is 54.1 Å². The predicted octanol–water partition coefficient (Wildman–Crippen LogP) is 3.63. The Kier molecular flexibility index (Phi) is 3.51. The topological polar surface area (TPSA) is 37.4 Å². The number of hydrogen-bond donors (Lipinski definition) is 1. The van der Waals surface area contributed by atoms with Crippen LogP contribution in [0.2, 0.25) is 0 Å². The highest BCUT2D eigenvalue weighted by Crippen LogP contribution is 2.31. The zero-order valence-corrected chi connectivity index (χ0v) is 14.1. The third-order valence-corrected chi connectivity index (χ3v) is 5.87. The number of nitrogens with zero attached hydrogens (tertiary/aromatic N) is 2. The van der Waals surface area contributed by atoms with Crippen molar-refractivity contribution in [2.24, 2.45) is 0 Å². The summed E-state index contributed by atoms with van der Waals surface area (Å²) in [6.45, 7) is 3.35. The number of aromatic nitrogens is 1. The van der Waals surface area contributed by atoms with Gasteiger partial charge in [-0.1, -0.05) is 35.6 Å². The fourth-order valence-electron chi connectivity index (χ4n) is 3.73. The fraction of sp³-hybridized carbons (Fsp3) is 0.316. The van der Waals surface area contributed by atoms with Gasteiger partial charge < -0.3 is 10.1 Å². The summed E-state index contributed by atoms with van der Waals surface area (Å²) in [6, 6.07) is 18.0. The quantitative estimate of drug-likeness (QED) is 0.789. The van der Waals surface area contributed by atoms with Gasteiger partial charge in [-0.15, -0.1) is 0 Å². The van der Waals surface area contributed by atoms with Crippen molar-refractivity contribution in [1.29, 1.82) is 0 Å². The average molecular weight is 337 g/mol. The molecule has 2 saturated heterocycles. The second-order valence-electron chi connectivity index (χ2n) is 6.62. The number of thiazole rings is 1. The Morgan fingerprint density at radius 3 is 2.79 bits per heavy atom. The summed E-state index contributed by atoms with van der Waals surface area (Å²) in [5.74, 6) is 0.849. The van der Waals surface area contributed by atoms with E-state index in [-0.39, 0.29) is 0 Å². The number of para-hydroxylation sites is 1. The smallest absolute Gasteiger partial charge is 0.279 e. The zero-order valence-electron chi connectivity index (χ0n) is 13.3. The Bertz CT molecular complexity index is 827. The number of likely N-dealkylation sites (tertiary alicyclic amines) is 1. The van der Waals surface area contributed by atoms with E-state index in [1.165, 1.54) is 18.5 Å². The van der Waals surface area contributed by atoms with Gasteiger partial charge in [0, 0.05) is 31.7 Å². The number of nitrogens with one attached hydrogen (secondary N) is 1. The minimum atomic E-state index is 0.701. The molecule has 0 amide bonds. The lowest BCUT2D eigenvalue weighted by Crippen LogP contribution is -2.42. The van der Waals surface area contributed by atoms with E-state index in [1.54, 1.807) is 11.3 Å². The first-order valence-electron chi connectivity index (χ1n) is 8.43. The van der Waals surface area contributed by atoms with Crippen molar-refractivity contribution in [1.82, 2.24) is 15.2 Å². The molecule has 2 atom stereocenters. The van der Waals surface area contributed by atoms with E-state index >= 15 is 0 Å². The summed E-state index contributed by atoms with van der Waals surface area (Å²) in [5, 5.41) is 4.25. The van der Waals surface area contributed by atoms with Crippen molar-refractivity contribution in [2.75, 3.05) is 13.1 Å². The highest BCUT2D eigenvalue weighted by molar-refractivity contribution is 7.20. The molecule has 1 N–H and O–H groups in total. The van der Waals surface area contributed by atoms with Crippen LogP contribution in [-0.4, -0.2) is 35.1 Å². The highest BCUT2D eigenvalue weighted by Gasteiger charge is 2.37. The lowest BCUT2D eigenvalue weighted by Gasteiger charge is -2.27. The molecule has 5 heteroatoms. The van der Waals surface area contributed by atoms with E-state index in [2.05, 4.69) is 33.4 Å². The molecule has 3 aromatic rings. The van der Waals surface area contributed by atoms with Gasteiger partial charge in [-0.2, -0.15) is 0 Å². The van der Waals surface area contributed by atoms with Gasteiger partial charge in [-0.25, -0.2) is 4.98 Å². The van der Waals surface area contributed by atoms with E-state index in [0.29, 0.717) is 17.3 Å². The van der Waals surface area contributed by atoms with Gasteiger partial charge in [0.2, 0.25) is 0 Å². The number of fused-ring (bicyclic) bond motifs is 3. The first-order chi connectivity index (χ1) is 11.8. The normalized spacial score (nSPS) is 23.2. The second kappa shape index (κ2) is 5.84. The standard InChI is InChI=1S/C19H19N3OS/c1-2-4-18-17(3-1)21-19(24-18)23-16-7-5-13(6-8-16)11-22-12-14-9-15(22)10-20-14/h1-8,14-15,20H,9-12H2/t14-,15-/m1/s1.